The van der Waals surface area contributed by atoms with Gasteiger partial charge in [-0.25, -0.2) is 4.79 Å². The molecule has 0 saturated heterocycles. The minimum absolute atomic E-state index is 0.484. The van der Waals surface area contributed by atoms with Gasteiger partial charge in [0.15, 0.2) is 6.10 Å². The van der Waals surface area contributed by atoms with E-state index in [4.69, 9.17) is 4.74 Å². The lowest BCUT2D eigenvalue weighted by molar-refractivity contribution is -0.152. The van der Waals surface area contributed by atoms with Crippen LogP contribution in [0.5, 0.6) is 5.75 Å². The predicted molar refractivity (Wildman–Crippen MR) is 61.9 cm³/mol. The maximum absolute atomic E-state index is 11.4. The highest BCUT2D eigenvalue weighted by Gasteiger charge is 2.53. The van der Waals surface area contributed by atoms with E-state index >= 15 is 0 Å². The van der Waals surface area contributed by atoms with E-state index < -0.39 is 17.5 Å². The Morgan fingerprint density at radius 1 is 1.41 bits per heavy atom. The number of hydrogen-bond acceptors (Lipinski definition) is 4. The number of benzene rings is 1. The van der Waals surface area contributed by atoms with Gasteiger partial charge >= 0.3 is 5.97 Å². The Labute approximate surface area is 100 Å². The van der Waals surface area contributed by atoms with E-state index in [9.17, 15) is 9.90 Å². The Bertz CT molecular complexity index is 423. The van der Waals surface area contributed by atoms with Crippen LogP contribution in [0.2, 0.25) is 0 Å². The minimum atomic E-state index is -1.10. The van der Waals surface area contributed by atoms with Gasteiger partial charge in [0.25, 0.3) is 0 Å². The largest absolute Gasteiger partial charge is 0.497 e. The zero-order chi connectivity index (χ0) is 12.5. The van der Waals surface area contributed by atoms with Crippen LogP contribution in [0.4, 0.5) is 0 Å². The molecule has 0 bridgehead atoms. The zero-order valence-electron chi connectivity index (χ0n) is 9.97. The lowest BCUT2D eigenvalue weighted by Gasteiger charge is -2.21. The Morgan fingerprint density at radius 3 is 2.65 bits per heavy atom. The molecule has 0 spiro atoms. The molecule has 1 aliphatic carbocycles. The Hall–Kier alpha value is -1.55. The summed E-state index contributed by atoms with van der Waals surface area (Å²) in [6.45, 7) is 0. The molecule has 1 aliphatic rings. The number of rotatable bonds is 4. The second-order valence-electron chi connectivity index (χ2n) is 4.31. The summed E-state index contributed by atoms with van der Waals surface area (Å²) in [7, 11) is 2.88. The monoisotopic (exact) mass is 236 g/mol. The Morgan fingerprint density at radius 2 is 2.12 bits per heavy atom. The average molecular weight is 236 g/mol. The number of aliphatic hydroxyl groups is 1. The highest BCUT2D eigenvalue weighted by Crippen LogP contribution is 2.51. The summed E-state index contributed by atoms with van der Waals surface area (Å²) in [5, 5.41) is 10.0. The van der Waals surface area contributed by atoms with Crippen molar-refractivity contribution in [2.24, 2.45) is 0 Å². The summed E-state index contributed by atoms with van der Waals surface area (Å²) >= 11 is 0. The number of carbonyl (C=O) groups is 1. The van der Waals surface area contributed by atoms with Crippen molar-refractivity contribution >= 4 is 5.97 Å². The number of ether oxygens (including phenoxy) is 2. The molecule has 4 nitrogen and oxygen atoms in total. The molecule has 1 N–H and O–H groups in total. The molecule has 0 aromatic heterocycles. The van der Waals surface area contributed by atoms with Crippen molar-refractivity contribution in [3.05, 3.63) is 29.8 Å². The second-order valence-corrected chi connectivity index (χ2v) is 4.31. The summed E-state index contributed by atoms with van der Waals surface area (Å²) in [6.07, 6.45) is 0.479. The fourth-order valence-corrected chi connectivity index (χ4v) is 2.12. The first-order valence-corrected chi connectivity index (χ1v) is 5.54. The predicted octanol–water partition coefficient (Wildman–Crippen LogP) is 1.26. The molecule has 0 radical (unpaired) electrons. The molecule has 1 aromatic carbocycles. The van der Waals surface area contributed by atoms with E-state index in [0.29, 0.717) is 0 Å². The molecule has 1 fully saturated rings. The quantitative estimate of drug-likeness (QED) is 0.800. The van der Waals surface area contributed by atoms with Gasteiger partial charge in [-0.2, -0.15) is 0 Å². The normalized spacial score (nSPS) is 18.3. The van der Waals surface area contributed by atoms with E-state index in [1.165, 1.54) is 7.11 Å². The van der Waals surface area contributed by atoms with Gasteiger partial charge in [-0.05, 0) is 30.5 Å². The van der Waals surface area contributed by atoms with E-state index in [1.807, 2.05) is 24.3 Å². The van der Waals surface area contributed by atoms with Crippen molar-refractivity contribution in [2.45, 2.75) is 24.4 Å². The number of hydrogen-bond donors (Lipinski definition) is 1. The lowest BCUT2D eigenvalue weighted by Crippen LogP contribution is -2.34. The smallest absolute Gasteiger partial charge is 0.335 e. The highest BCUT2D eigenvalue weighted by atomic mass is 16.5. The summed E-state index contributed by atoms with van der Waals surface area (Å²) in [5.41, 5.74) is 0.441. The molecular formula is C13H16O4. The molecule has 1 atom stereocenters. The molecular weight excluding hydrogens is 220 g/mol. The topological polar surface area (TPSA) is 55.8 Å². The third-order valence-electron chi connectivity index (χ3n) is 3.38. The van der Waals surface area contributed by atoms with Crippen molar-refractivity contribution in [3.8, 4) is 5.75 Å². The van der Waals surface area contributed by atoms with Crippen LogP contribution < -0.4 is 4.74 Å². The first-order chi connectivity index (χ1) is 8.14. The van der Waals surface area contributed by atoms with Crippen LogP contribution in [0, 0.1) is 0 Å². The highest BCUT2D eigenvalue weighted by molar-refractivity contribution is 5.77. The summed E-state index contributed by atoms with van der Waals surface area (Å²) in [4.78, 5) is 11.4. The Kier molecular flexibility index (Phi) is 3.07. The fraction of sp³-hybridized carbons (Fsp3) is 0.462. The molecule has 0 heterocycles. The van der Waals surface area contributed by atoms with E-state index in [0.717, 1.165) is 24.2 Å². The third kappa shape index (κ3) is 2.00. The number of esters is 1. The van der Waals surface area contributed by atoms with Crippen LogP contribution in [-0.4, -0.2) is 31.4 Å². The first-order valence-electron chi connectivity index (χ1n) is 5.54. The molecule has 1 saturated carbocycles. The third-order valence-corrected chi connectivity index (χ3v) is 3.38. The maximum Gasteiger partial charge on any atom is 0.335 e. The number of methoxy groups -OCH3 is 2. The van der Waals surface area contributed by atoms with Crippen LogP contribution in [0.3, 0.4) is 0 Å². The number of aliphatic hydroxyl groups excluding tert-OH is 1. The van der Waals surface area contributed by atoms with Gasteiger partial charge in [-0.3, -0.25) is 0 Å². The average Bonchev–Trinajstić information content (AvgIpc) is 3.18. The van der Waals surface area contributed by atoms with Crippen molar-refractivity contribution in [1.82, 2.24) is 0 Å². The van der Waals surface area contributed by atoms with E-state index in [1.54, 1.807) is 7.11 Å². The summed E-state index contributed by atoms with van der Waals surface area (Å²) < 4.78 is 9.74. The van der Waals surface area contributed by atoms with Gasteiger partial charge in [0.1, 0.15) is 5.75 Å². The molecule has 2 rings (SSSR count). The van der Waals surface area contributed by atoms with Crippen LogP contribution in [0.15, 0.2) is 24.3 Å². The lowest BCUT2D eigenvalue weighted by atomic mass is 9.90. The maximum atomic E-state index is 11.4. The van der Waals surface area contributed by atoms with Crippen LogP contribution in [0.25, 0.3) is 0 Å². The molecule has 1 aromatic rings. The number of carbonyl (C=O) groups excluding carboxylic acids is 1. The molecule has 92 valence electrons. The Balaban J connectivity index is 2.29. The molecule has 0 amide bonds. The van der Waals surface area contributed by atoms with E-state index in [-0.39, 0.29) is 0 Å². The molecule has 1 unspecified atom stereocenters. The van der Waals surface area contributed by atoms with Crippen molar-refractivity contribution in [3.63, 3.8) is 0 Å². The SMILES string of the molecule is COC(=O)C(O)C1(c2cccc(OC)c2)CC1. The van der Waals surface area contributed by atoms with Crippen molar-refractivity contribution in [1.29, 1.82) is 0 Å². The molecule has 4 heteroatoms. The first kappa shape index (κ1) is 11.9. The minimum Gasteiger partial charge on any atom is -0.497 e. The van der Waals surface area contributed by atoms with Gasteiger partial charge in [-0.15, -0.1) is 0 Å². The van der Waals surface area contributed by atoms with Gasteiger partial charge in [0.2, 0.25) is 0 Å². The standard InChI is InChI=1S/C13H16O4/c1-16-10-5-3-4-9(8-10)13(6-7-13)11(14)12(15)17-2/h3-5,8,11,14H,6-7H2,1-2H3. The van der Waals surface area contributed by atoms with Crippen molar-refractivity contribution < 1.29 is 19.4 Å². The summed E-state index contributed by atoms with van der Waals surface area (Å²) in [6, 6.07) is 7.46. The second kappa shape index (κ2) is 4.37. The zero-order valence-corrected chi connectivity index (χ0v) is 9.97. The van der Waals surface area contributed by atoms with Crippen LogP contribution >= 0.6 is 0 Å². The summed E-state index contributed by atoms with van der Waals surface area (Å²) in [5.74, 6) is 0.149. The van der Waals surface area contributed by atoms with Gasteiger partial charge in [0, 0.05) is 5.41 Å². The van der Waals surface area contributed by atoms with Gasteiger partial charge in [0.05, 0.1) is 14.2 Å². The fourth-order valence-electron chi connectivity index (χ4n) is 2.12. The van der Waals surface area contributed by atoms with Crippen LogP contribution in [-0.2, 0) is 14.9 Å². The molecule has 0 aliphatic heterocycles. The van der Waals surface area contributed by atoms with Crippen LogP contribution in [0.1, 0.15) is 18.4 Å². The van der Waals surface area contributed by atoms with Gasteiger partial charge in [-0.1, -0.05) is 12.1 Å². The molecule has 17 heavy (non-hydrogen) atoms. The van der Waals surface area contributed by atoms with E-state index in [2.05, 4.69) is 4.74 Å². The van der Waals surface area contributed by atoms with Gasteiger partial charge < -0.3 is 14.6 Å². The van der Waals surface area contributed by atoms with Crippen molar-refractivity contribution in [2.75, 3.05) is 14.2 Å².